The van der Waals surface area contributed by atoms with Crippen molar-refractivity contribution in [1.29, 1.82) is 5.26 Å². The Kier molecular flexibility index (Phi) is 3.53. The Morgan fingerprint density at radius 2 is 2.29 bits per heavy atom. The second-order valence-corrected chi connectivity index (χ2v) is 3.26. The molecule has 0 N–H and O–H groups in total. The van der Waals surface area contributed by atoms with Gasteiger partial charge in [0.15, 0.2) is 0 Å². The first-order chi connectivity index (χ1) is 6.61. The summed E-state index contributed by atoms with van der Waals surface area (Å²) in [4.78, 5) is 3.76. The smallest absolute Gasteiger partial charge is 0.260 e. The maximum absolute atomic E-state index is 12.5. The van der Waals surface area contributed by atoms with Crippen LogP contribution in [0.15, 0.2) is 6.20 Å². The Labute approximate surface area is 88.7 Å². The molecule has 0 bridgehead atoms. The van der Waals surface area contributed by atoms with Crippen molar-refractivity contribution in [2.45, 2.75) is 18.7 Å². The van der Waals surface area contributed by atoms with E-state index in [-0.39, 0.29) is 16.5 Å². The number of aryl methyl sites for hydroxylation is 1. The average molecular weight is 261 g/mol. The molecule has 5 heteroatoms. The second kappa shape index (κ2) is 4.47. The summed E-state index contributed by atoms with van der Waals surface area (Å²) in [5, 5.41) is 9.02. The minimum Gasteiger partial charge on any atom is -0.260 e. The first-order valence-corrected chi connectivity index (χ1v) is 4.96. The third-order valence-electron chi connectivity index (χ3n) is 1.89. The molecule has 0 aliphatic carbocycles. The quantitative estimate of drug-likeness (QED) is 0.767. The Morgan fingerprint density at radius 3 is 2.71 bits per heavy atom. The van der Waals surface area contributed by atoms with E-state index in [1.165, 1.54) is 0 Å². The summed E-state index contributed by atoms with van der Waals surface area (Å²) in [5.41, 5.74) is 0.866. The van der Waals surface area contributed by atoms with E-state index in [1.807, 2.05) is 6.07 Å². The van der Waals surface area contributed by atoms with Gasteiger partial charge in [-0.05, 0) is 12.5 Å². The number of pyridine rings is 1. The lowest BCUT2D eigenvalue weighted by molar-refractivity contribution is 0.150. The van der Waals surface area contributed by atoms with Crippen LogP contribution in [0, 0.1) is 18.3 Å². The fourth-order valence-corrected chi connectivity index (χ4v) is 1.76. The normalized spacial score (nSPS) is 10.3. The van der Waals surface area contributed by atoms with Gasteiger partial charge in [-0.25, -0.2) is 8.78 Å². The van der Waals surface area contributed by atoms with Crippen molar-refractivity contribution in [3.05, 3.63) is 28.6 Å². The third-order valence-corrected chi connectivity index (χ3v) is 2.45. The molecule has 0 amide bonds. The average Bonchev–Trinajstić information content (AvgIpc) is 2.16. The molecule has 1 rings (SSSR count). The molecule has 2 nitrogen and oxygen atoms in total. The van der Waals surface area contributed by atoms with Crippen molar-refractivity contribution in [1.82, 2.24) is 4.98 Å². The second-order valence-electron chi connectivity index (χ2n) is 2.70. The van der Waals surface area contributed by atoms with Crippen LogP contribution in [0.3, 0.4) is 0 Å². The van der Waals surface area contributed by atoms with Gasteiger partial charge >= 0.3 is 0 Å². The van der Waals surface area contributed by atoms with E-state index in [0.29, 0.717) is 11.3 Å². The van der Waals surface area contributed by atoms with Crippen LogP contribution in [-0.4, -0.2) is 4.98 Å². The molecule has 1 heterocycles. The summed E-state index contributed by atoms with van der Waals surface area (Å²) in [6.45, 7) is 1.62. The number of rotatable bonds is 2. The fourth-order valence-electron chi connectivity index (χ4n) is 1.15. The van der Waals surface area contributed by atoms with Crippen LogP contribution in [0.25, 0.3) is 0 Å². The molecule has 0 fully saturated rings. The molecule has 0 saturated heterocycles. The van der Waals surface area contributed by atoms with Crippen molar-refractivity contribution in [3.63, 3.8) is 0 Å². The number of aromatic nitrogens is 1. The van der Waals surface area contributed by atoms with Crippen molar-refractivity contribution in [2.75, 3.05) is 0 Å². The standard InChI is InChI=1S/C9H7BrF2N2/c1-5-7(3-13)6(2-10)8(4-14-5)9(11)12/h4,9H,2H2,1H3. The van der Waals surface area contributed by atoms with Gasteiger partial charge in [0, 0.05) is 17.1 Å². The predicted octanol–water partition coefficient (Wildman–Crippen LogP) is 3.09. The number of nitriles is 1. The lowest BCUT2D eigenvalue weighted by Gasteiger charge is -2.08. The number of hydrogen-bond acceptors (Lipinski definition) is 2. The molecule has 1 aromatic heterocycles. The van der Waals surface area contributed by atoms with Gasteiger partial charge in [0.05, 0.1) is 11.3 Å². The largest absolute Gasteiger partial charge is 0.265 e. The zero-order valence-electron chi connectivity index (χ0n) is 7.39. The zero-order chi connectivity index (χ0) is 10.7. The van der Waals surface area contributed by atoms with Crippen LogP contribution in [-0.2, 0) is 5.33 Å². The molecule has 0 unspecified atom stereocenters. The molecule has 0 radical (unpaired) electrons. The van der Waals surface area contributed by atoms with Crippen LogP contribution in [0.5, 0.6) is 0 Å². The van der Waals surface area contributed by atoms with Gasteiger partial charge in [-0.15, -0.1) is 0 Å². The molecule has 0 spiro atoms. The van der Waals surface area contributed by atoms with Gasteiger partial charge in [0.1, 0.15) is 6.07 Å². The van der Waals surface area contributed by atoms with Crippen LogP contribution >= 0.6 is 15.9 Å². The molecule has 1 aromatic rings. The van der Waals surface area contributed by atoms with E-state index in [9.17, 15) is 8.78 Å². The molecule has 74 valence electrons. The highest BCUT2D eigenvalue weighted by atomic mass is 79.9. The summed E-state index contributed by atoms with van der Waals surface area (Å²) in [5.74, 6) is 0. The predicted molar refractivity (Wildman–Crippen MR) is 51.3 cm³/mol. The van der Waals surface area contributed by atoms with Crippen molar-refractivity contribution >= 4 is 15.9 Å². The number of nitrogens with zero attached hydrogens (tertiary/aromatic N) is 2. The Bertz CT molecular complexity index is 385. The topological polar surface area (TPSA) is 36.7 Å². The lowest BCUT2D eigenvalue weighted by atomic mass is 10.0. The Morgan fingerprint density at radius 1 is 1.64 bits per heavy atom. The highest BCUT2D eigenvalue weighted by Crippen LogP contribution is 2.27. The van der Waals surface area contributed by atoms with E-state index in [2.05, 4.69) is 20.9 Å². The van der Waals surface area contributed by atoms with E-state index < -0.39 is 6.43 Å². The molecular weight excluding hydrogens is 254 g/mol. The summed E-state index contributed by atoms with van der Waals surface area (Å²) in [6.07, 6.45) is -1.47. The van der Waals surface area contributed by atoms with Gasteiger partial charge in [-0.3, -0.25) is 4.98 Å². The summed E-state index contributed by atoms with van der Waals surface area (Å²) in [7, 11) is 0. The number of hydrogen-bond donors (Lipinski definition) is 0. The first kappa shape index (κ1) is 11.1. The van der Waals surface area contributed by atoms with E-state index >= 15 is 0 Å². The molecule has 0 saturated carbocycles. The van der Waals surface area contributed by atoms with Gasteiger partial charge in [-0.2, -0.15) is 5.26 Å². The van der Waals surface area contributed by atoms with E-state index in [1.54, 1.807) is 6.92 Å². The fraction of sp³-hybridized carbons (Fsp3) is 0.333. The monoisotopic (exact) mass is 260 g/mol. The highest BCUT2D eigenvalue weighted by molar-refractivity contribution is 9.08. The molecular formula is C9H7BrF2N2. The summed E-state index contributed by atoms with van der Waals surface area (Å²) < 4.78 is 25.0. The Balaban J connectivity index is 3.42. The highest BCUT2D eigenvalue weighted by Gasteiger charge is 2.17. The molecule has 0 aromatic carbocycles. The first-order valence-electron chi connectivity index (χ1n) is 3.84. The minimum atomic E-state index is -2.59. The minimum absolute atomic E-state index is 0.177. The van der Waals surface area contributed by atoms with Crippen molar-refractivity contribution < 1.29 is 8.78 Å². The van der Waals surface area contributed by atoms with Crippen molar-refractivity contribution in [3.8, 4) is 6.07 Å². The lowest BCUT2D eigenvalue weighted by Crippen LogP contribution is -2.01. The zero-order valence-corrected chi connectivity index (χ0v) is 8.98. The molecule has 0 aliphatic heterocycles. The van der Waals surface area contributed by atoms with Crippen LogP contribution in [0.1, 0.15) is 28.8 Å². The van der Waals surface area contributed by atoms with E-state index in [4.69, 9.17) is 5.26 Å². The Hall–Kier alpha value is -1.02. The summed E-state index contributed by atoms with van der Waals surface area (Å²) >= 11 is 3.09. The van der Waals surface area contributed by atoms with Gasteiger partial charge in [0.25, 0.3) is 6.43 Å². The SMILES string of the molecule is Cc1ncc(C(F)F)c(CBr)c1C#N. The van der Waals surface area contributed by atoms with E-state index in [0.717, 1.165) is 6.20 Å². The molecule has 0 aliphatic rings. The molecule has 0 atom stereocenters. The van der Waals surface area contributed by atoms with Crippen LogP contribution in [0.4, 0.5) is 8.78 Å². The van der Waals surface area contributed by atoms with Gasteiger partial charge < -0.3 is 0 Å². The van der Waals surface area contributed by atoms with Gasteiger partial charge in [0.2, 0.25) is 0 Å². The molecule has 14 heavy (non-hydrogen) atoms. The number of halogens is 3. The maximum atomic E-state index is 12.5. The third kappa shape index (κ3) is 1.90. The number of alkyl halides is 3. The summed E-state index contributed by atoms with van der Waals surface area (Å²) in [6, 6.07) is 1.88. The maximum Gasteiger partial charge on any atom is 0.265 e. The van der Waals surface area contributed by atoms with Crippen LogP contribution < -0.4 is 0 Å². The van der Waals surface area contributed by atoms with Crippen molar-refractivity contribution in [2.24, 2.45) is 0 Å². The van der Waals surface area contributed by atoms with Crippen LogP contribution in [0.2, 0.25) is 0 Å². The van der Waals surface area contributed by atoms with Gasteiger partial charge in [-0.1, -0.05) is 15.9 Å².